The van der Waals surface area contributed by atoms with Crippen molar-refractivity contribution in [2.75, 3.05) is 13.1 Å². The Bertz CT molecular complexity index is 1120. The molecular formula is C21H16ClF4N3O3. The number of aromatic nitrogens is 2. The summed E-state index contributed by atoms with van der Waals surface area (Å²) in [5, 5.41) is -0.278. The van der Waals surface area contributed by atoms with Gasteiger partial charge in [-0.05, 0) is 31.0 Å². The number of ether oxygens (including phenoxy) is 1. The first-order valence-corrected chi connectivity index (χ1v) is 9.99. The van der Waals surface area contributed by atoms with Crippen LogP contribution in [0.25, 0.3) is 11.5 Å². The van der Waals surface area contributed by atoms with Crippen LogP contribution in [0, 0.1) is 5.82 Å². The van der Waals surface area contributed by atoms with Crippen molar-refractivity contribution in [3.8, 4) is 17.3 Å². The Morgan fingerprint density at radius 1 is 1.28 bits per heavy atom. The molecule has 1 aliphatic rings. The summed E-state index contributed by atoms with van der Waals surface area (Å²) in [6, 6.07) is 4.84. The summed E-state index contributed by atoms with van der Waals surface area (Å²) in [6.07, 6.45) is -0.745. The van der Waals surface area contributed by atoms with Crippen LogP contribution in [0.2, 0.25) is 5.02 Å². The summed E-state index contributed by atoms with van der Waals surface area (Å²) in [7, 11) is 0. The first kappa shape index (κ1) is 22.1. The van der Waals surface area contributed by atoms with Crippen LogP contribution in [0.4, 0.5) is 17.6 Å². The number of hydrogen-bond acceptors (Lipinski definition) is 5. The molecule has 168 valence electrons. The molecule has 0 spiro atoms. The van der Waals surface area contributed by atoms with E-state index in [9.17, 15) is 22.4 Å². The van der Waals surface area contributed by atoms with Gasteiger partial charge in [0.25, 0.3) is 5.91 Å². The second-order valence-corrected chi connectivity index (χ2v) is 7.55. The Hall–Kier alpha value is -3.14. The molecule has 1 aromatic carbocycles. The van der Waals surface area contributed by atoms with Gasteiger partial charge in [-0.3, -0.25) is 4.79 Å². The van der Waals surface area contributed by atoms with E-state index in [0.717, 1.165) is 6.07 Å². The molecule has 1 saturated heterocycles. The Labute approximate surface area is 184 Å². The number of rotatable bonds is 4. The molecule has 0 aliphatic carbocycles. The predicted molar refractivity (Wildman–Crippen MR) is 106 cm³/mol. The van der Waals surface area contributed by atoms with Gasteiger partial charge in [-0.15, -0.1) is 0 Å². The van der Waals surface area contributed by atoms with Crippen molar-refractivity contribution >= 4 is 17.5 Å². The van der Waals surface area contributed by atoms with Crippen LogP contribution in [0.5, 0.6) is 5.88 Å². The Morgan fingerprint density at radius 3 is 2.78 bits per heavy atom. The molecule has 3 aromatic rings. The zero-order valence-corrected chi connectivity index (χ0v) is 17.2. The lowest BCUT2D eigenvalue weighted by atomic mass is 10.0. The van der Waals surface area contributed by atoms with Crippen molar-refractivity contribution < 1.29 is 31.5 Å². The van der Waals surface area contributed by atoms with E-state index in [1.54, 1.807) is 0 Å². The van der Waals surface area contributed by atoms with Crippen LogP contribution >= 0.6 is 11.6 Å². The molecule has 0 bridgehead atoms. The van der Waals surface area contributed by atoms with E-state index in [4.69, 9.17) is 20.8 Å². The van der Waals surface area contributed by atoms with Gasteiger partial charge in [0.2, 0.25) is 11.8 Å². The number of amides is 1. The zero-order valence-electron chi connectivity index (χ0n) is 16.4. The molecule has 2 aromatic heterocycles. The highest BCUT2D eigenvalue weighted by Crippen LogP contribution is 2.34. The number of pyridine rings is 1. The number of oxazole rings is 1. The molecule has 0 N–H and O–H groups in total. The Balaban J connectivity index is 1.52. The number of carbonyl (C=O) groups is 1. The molecule has 4 rings (SSSR count). The van der Waals surface area contributed by atoms with Gasteiger partial charge in [0.15, 0.2) is 0 Å². The number of carbonyl (C=O) groups excluding carboxylic acids is 1. The van der Waals surface area contributed by atoms with E-state index >= 15 is 0 Å². The minimum absolute atomic E-state index is 0.0167. The number of benzene rings is 1. The molecule has 0 radical (unpaired) electrons. The van der Waals surface area contributed by atoms with Gasteiger partial charge in [-0.25, -0.2) is 14.4 Å². The van der Waals surface area contributed by atoms with Gasteiger partial charge in [-0.1, -0.05) is 17.7 Å². The van der Waals surface area contributed by atoms with Gasteiger partial charge < -0.3 is 14.1 Å². The van der Waals surface area contributed by atoms with Gasteiger partial charge in [0, 0.05) is 12.7 Å². The van der Waals surface area contributed by atoms with Gasteiger partial charge in [-0.2, -0.15) is 13.2 Å². The molecule has 1 fully saturated rings. The summed E-state index contributed by atoms with van der Waals surface area (Å²) in [5.74, 6) is -1.26. The maximum Gasteiger partial charge on any atom is 0.417 e. The van der Waals surface area contributed by atoms with Gasteiger partial charge >= 0.3 is 6.18 Å². The summed E-state index contributed by atoms with van der Waals surface area (Å²) >= 11 is 5.92. The van der Waals surface area contributed by atoms with E-state index in [2.05, 4.69) is 9.97 Å². The van der Waals surface area contributed by atoms with Gasteiger partial charge in [0.1, 0.15) is 23.2 Å². The van der Waals surface area contributed by atoms with Crippen molar-refractivity contribution in [1.29, 1.82) is 0 Å². The van der Waals surface area contributed by atoms with Crippen LogP contribution in [-0.2, 0) is 6.18 Å². The van der Waals surface area contributed by atoms with E-state index in [1.807, 2.05) is 0 Å². The molecule has 11 heteroatoms. The van der Waals surface area contributed by atoms with E-state index in [1.165, 1.54) is 35.6 Å². The molecule has 1 amide bonds. The third-order valence-electron chi connectivity index (χ3n) is 4.97. The predicted octanol–water partition coefficient (Wildman–Crippen LogP) is 5.23. The highest BCUT2D eigenvalue weighted by molar-refractivity contribution is 6.31. The van der Waals surface area contributed by atoms with Crippen LogP contribution < -0.4 is 4.74 Å². The van der Waals surface area contributed by atoms with Crippen LogP contribution in [0.1, 0.15) is 28.8 Å². The normalized spacial score (nSPS) is 16.8. The fourth-order valence-corrected chi connectivity index (χ4v) is 3.69. The van der Waals surface area contributed by atoms with Crippen molar-refractivity contribution in [2.45, 2.75) is 25.1 Å². The molecule has 1 atom stereocenters. The highest BCUT2D eigenvalue weighted by atomic mass is 35.5. The number of hydrogen-bond donors (Lipinski definition) is 0. The molecule has 32 heavy (non-hydrogen) atoms. The molecule has 1 aliphatic heterocycles. The van der Waals surface area contributed by atoms with E-state index < -0.39 is 29.6 Å². The first-order chi connectivity index (χ1) is 15.2. The second-order valence-electron chi connectivity index (χ2n) is 7.14. The smallest absolute Gasteiger partial charge is 0.417 e. The lowest BCUT2D eigenvalue weighted by Gasteiger charge is -2.33. The molecule has 0 saturated carbocycles. The number of halogens is 5. The number of likely N-dealkylation sites (tertiary alicyclic amines) is 1. The summed E-state index contributed by atoms with van der Waals surface area (Å²) < 4.78 is 63.7. The SMILES string of the molecule is O=C(c1cccc(F)c1-c1ncco1)N1CCCC(Oc2ncc(C(F)(F)F)cc2Cl)C1. The Morgan fingerprint density at radius 2 is 2.09 bits per heavy atom. The zero-order chi connectivity index (χ0) is 22.9. The topological polar surface area (TPSA) is 68.5 Å². The fourth-order valence-electron chi connectivity index (χ4n) is 3.48. The summed E-state index contributed by atoms with van der Waals surface area (Å²) in [4.78, 5) is 22.2. The maximum atomic E-state index is 14.5. The van der Waals surface area contributed by atoms with E-state index in [-0.39, 0.29) is 34.5 Å². The Kier molecular flexibility index (Phi) is 6.05. The largest absolute Gasteiger partial charge is 0.471 e. The number of alkyl halides is 3. The molecule has 3 heterocycles. The maximum absolute atomic E-state index is 14.5. The minimum Gasteiger partial charge on any atom is -0.471 e. The molecule has 1 unspecified atom stereocenters. The monoisotopic (exact) mass is 469 g/mol. The molecule has 6 nitrogen and oxygen atoms in total. The van der Waals surface area contributed by atoms with Crippen molar-refractivity contribution in [3.05, 3.63) is 64.9 Å². The highest BCUT2D eigenvalue weighted by Gasteiger charge is 2.33. The fraction of sp³-hybridized carbons (Fsp3) is 0.286. The van der Waals surface area contributed by atoms with Crippen LogP contribution in [-0.4, -0.2) is 40.0 Å². The average Bonchev–Trinajstić information content (AvgIpc) is 3.28. The molecular weight excluding hydrogens is 454 g/mol. The third kappa shape index (κ3) is 4.55. The summed E-state index contributed by atoms with van der Waals surface area (Å²) in [5.41, 5.74) is -0.947. The quantitative estimate of drug-likeness (QED) is 0.489. The van der Waals surface area contributed by atoms with Crippen molar-refractivity contribution in [3.63, 3.8) is 0 Å². The minimum atomic E-state index is -4.57. The second kappa shape index (κ2) is 8.78. The number of nitrogens with zero attached hydrogens (tertiary/aromatic N) is 3. The van der Waals surface area contributed by atoms with Crippen molar-refractivity contribution in [2.24, 2.45) is 0 Å². The van der Waals surface area contributed by atoms with E-state index in [0.29, 0.717) is 25.6 Å². The standard InChI is InChI=1S/C21H16ClF4N3O3/c22-15-9-12(21(24,25)26)10-28-18(15)32-13-3-2-7-29(11-13)20(30)14-4-1-5-16(23)17(14)19-27-6-8-31-19/h1,4-6,8-10,13H,2-3,7,11H2. The van der Waals surface area contributed by atoms with Crippen LogP contribution in [0.3, 0.4) is 0 Å². The lowest BCUT2D eigenvalue weighted by molar-refractivity contribution is -0.137. The van der Waals surface area contributed by atoms with Crippen molar-refractivity contribution in [1.82, 2.24) is 14.9 Å². The first-order valence-electron chi connectivity index (χ1n) is 9.61. The number of piperidine rings is 1. The lowest BCUT2D eigenvalue weighted by Crippen LogP contribution is -2.44. The van der Waals surface area contributed by atoms with Crippen LogP contribution in [0.15, 0.2) is 47.3 Å². The summed E-state index contributed by atoms with van der Waals surface area (Å²) in [6.45, 7) is 0.522. The van der Waals surface area contributed by atoms with Gasteiger partial charge in [0.05, 0.1) is 29.4 Å². The average molecular weight is 470 g/mol. The third-order valence-corrected chi connectivity index (χ3v) is 5.24.